The molecule has 0 amide bonds. The van der Waals surface area contributed by atoms with Crippen molar-refractivity contribution in [1.29, 1.82) is 0 Å². The van der Waals surface area contributed by atoms with Crippen LogP contribution >= 0.6 is 34.4 Å². The van der Waals surface area contributed by atoms with Crippen molar-refractivity contribution in [3.63, 3.8) is 0 Å². The van der Waals surface area contributed by atoms with Gasteiger partial charge in [0.15, 0.2) is 3.77 Å². The number of hydrogen-bond donors (Lipinski definition) is 1. The molecule has 0 bridgehead atoms. The van der Waals surface area contributed by atoms with Gasteiger partial charge in [-0.2, -0.15) is 11.8 Å². The third-order valence-electron chi connectivity index (χ3n) is 1.63. The summed E-state index contributed by atoms with van der Waals surface area (Å²) in [5.41, 5.74) is 0. The SMILES string of the molecule is CSCCCNCc1ccc(I)o1. The normalized spacial score (nSPS) is 10.6. The molecule has 0 aliphatic carbocycles. The quantitative estimate of drug-likeness (QED) is 0.646. The summed E-state index contributed by atoms with van der Waals surface area (Å²) in [6.45, 7) is 1.91. The van der Waals surface area contributed by atoms with Gasteiger partial charge in [-0.05, 0) is 59.7 Å². The van der Waals surface area contributed by atoms with E-state index in [1.54, 1.807) is 0 Å². The van der Waals surface area contributed by atoms with Gasteiger partial charge in [-0.15, -0.1) is 0 Å². The first-order valence-electron chi connectivity index (χ1n) is 4.27. The van der Waals surface area contributed by atoms with E-state index in [0.29, 0.717) is 0 Å². The van der Waals surface area contributed by atoms with Crippen molar-refractivity contribution in [2.24, 2.45) is 0 Å². The van der Waals surface area contributed by atoms with Crippen LogP contribution in [0.25, 0.3) is 0 Å². The Morgan fingerprint density at radius 1 is 1.54 bits per heavy atom. The summed E-state index contributed by atoms with van der Waals surface area (Å²) in [4.78, 5) is 0. The van der Waals surface area contributed by atoms with Crippen molar-refractivity contribution >= 4 is 34.4 Å². The number of rotatable bonds is 6. The number of furan rings is 1. The lowest BCUT2D eigenvalue weighted by molar-refractivity contribution is 0.463. The van der Waals surface area contributed by atoms with Gasteiger partial charge in [0.05, 0.1) is 6.54 Å². The highest BCUT2D eigenvalue weighted by molar-refractivity contribution is 14.1. The van der Waals surface area contributed by atoms with E-state index in [9.17, 15) is 0 Å². The monoisotopic (exact) mass is 311 g/mol. The van der Waals surface area contributed by atoms with Gasteiger partial charge in [0.2, 0.25) is 0 Å². The van der Waals surface area contributed by atoms with Crippen molar-refractivity contribution in [2.75, 3.05) is 18.6 Å². The molecule has 74 valence electrons. The van der Waals surface area contributed by atoms with Gasteiger partial charge < -0.3 is 9.73 Å². The van der Waals surface area contributed by atoms with Crippen LogP contribution in [0.4, 0.5) is 0 Å². The van der Waals surface area contributed by atoms with E-state index >= 15 is 0 Å². The zero-order valence-electron chi connectivity index (χ0n) is 7.68. The molecule has 0 aliphatic heterocycles. The van der Waals surface area contributed by atoms with Crippen LogP contribution in [-0.4, -0.2) is 18.6 Å². The summed E-state index contributed by atoms with van der Waals surface area (Å²) >= 11 is 4.06. The fraction of sp³-hybridized carbons (Fsp3) is 0.556. The molecule has 0 spiro atoms. The minimum atomic E-state index is 0.845. The van der Waals surface area contributed by atoms with Crippen molar-refractivity contribution in [3.05, 3.63) is 21.7 Å². The zero-order valence-corrected chi connectivity index (χ0v) is 10.7. The summed E-state index contributed by atoms with van der Waals surface area (Å²) in [5, 5.41) is 3.34. The number of halogens is 1. The van der Waals surface area contributed by atoms with Crippen molar-refractivity contribution in [3.8, 4) is 0 Å². The van der Waals surface area contributed by atoms with Gasteiger partial charge in [-0.3, -0.25) is 0 Å². The van der Waals surface area contributed by atoms with Crippen LogP contribution in [0.2, 0.25) is 0 Å². The Bertz CT molecular complexity index is 239. The maximum Gasteiger partial charge on any atom is 0.164 e. The van der Waals surface area contributed by atoms with E-state index in [-0.39, 0.29) is 0 Å². The number of hydrogen-bond acceptors (Lipinski definition) is 3. The lowest BCUT2D eigenvalue weighted by Gasteiger charge is -2.00. The largest absolute Gasteiger partial charge is 0.454 e. The molecule has 1 rings (SSSR count). The third-order valence-corrected chi connectivity index (χ3v) is 2.91. The second-order valence-electron chi connectivity index (χ2n) is 2.73. The van der Waals surface area contributed by atoms with Crippen LogP contribution in [-0.2, 0) is 6.54 Å². The summed E-state index contributed by atoms with van der Waals surface area (Å²) in [6.07, 6.45) is 3.36. The predicted octanol–water partition coefficient (Wildman–Crippen LogP) is 2.73. The van der Waals surface area contributed by atoms with E-state index in [1.165, 1.54) is 12.2 Å². The molecule has 0 atom stereocenters. The van der Waals surface area contributed by atoms with Crippen LogP contribution in [0, 0.1) is 3.77 Å². The van der Waals surface area contributed by atoms with Gasteiger partial charge in [0.1, 0.15) is 5.76 Å². The lowest BCUT2D eigenvalue weighted by atomic mass is 10.4. The molecule has 4 heteroatoms. The summed E-state index contributed by atoms with van der Waals surface area (Å²) in [7, 11) is 0. The van der Waals surface area contributed by atoms with Gasteiger partial charge >= 0.3 is 0 Å². The molecule has 13 heavy (non-hydrogen) atoms. The van der Waals surface area contributed by atoms with Crippen molar-refractivity contribution in [1.82, 2.24) is 5.32 Å². The van der Waals surface area contributed by atoms with Crippen LogP contribution in [0.3, 0.4) is 0 Å². The minimum Gasteiger partial charge on any atom is -0.454 e. The van der Waals surface area contributed by atoms with Crippen LogP contribution < -0.4 is 5.32 Å². The molecule has 0 aliphatic rings. The molecule has 1 heterocycles. The molecule has 1 N–H and O–H groups in total. The molecule has 0 fully saturated rings. The molecule has 2 nitrogen and oxygen atoms in total. The Morgan fingerprint density at radius 3 is 3.00 bits per heavy atom. The molecule has 0 unspecified atom stereocenters. The smallest absolute Gasteiger partial charge is 0.164 e. The highest BCUT2D eigenvalue weighted by atomic mass is 127. The lowest BCUT2D eigenvalue weighted by Crippen LogP contribution is -2.14. The standard InChI is InChI=1S/C9H14INOS/c1-13-6-2-5-11-7-8-3-4-9(10)12-8/h3-4,11H,2,5-7H2,1H3. The molecular formula is C9H14INOS. The first-order valence-corrected chi connectivity index (χ1v) is 6.74. The molecular weight excluding hydrogens is 297 g/mol. The second-order valence-corrected chi connectivity index (χ2v) is 4.78. The van der Waals surface area contributed by atoms with Crippen molar-refractivity contribution < 1.29 is 4.42 Å². The molecule has 0 aromatic carbocycles. The molecule has 1 aromatic heterocycles. The van der Waals surface area contributed by atoms with Crippen LogP contribution in [0.15, 0.2) is 16.5 Å². The van der Waals surface area contributed by atoms with E-state index in [0.717, 1.165) is 22.6 Å². The fourth-order valence-electron chi connectivity index (χ4n) is 1.000. The topological polar surface area (TPSA) is 25.2 Å². The van der Waals surface area contributed by atoms with Gasteiger partial charge in [-0.1, -0.05) is 0 Å². The maximum atomic E-state index is 5.41. The average Bonchev–Trinajstić information content (AvgIpc) is 2.51. The minimum absolute atomic E-state index is 0.845. The van der Waals surface area contributed by atoms with E-state index in [4.69, 9.17) is 4.42 Å². The Kier molecular flexibility index (Phi) is 5.90. The van der Waals surface area contributed by atoms with Crippen LogP contribution in [0.1, 0.15) is 12.2 Å². The average molecular weight is 311 g/mol. The molecule has 0 radical (unpaired) electrons. The predicted molar refractivity (Wildman–Crippen MR) is 66.1 cm³/mol. The van der Waals surface area contributed by atoms with E-state index in [1.807, 2.05) is 23.9 Å². The van der Waals surface area contributed by atoms with Gasteiger partial charge in [0, 0.05) is 0 Å². The fourth-order valence-corrected chi connectivity index (χ4v) is 1.90. The molecule has 0 saturated carbocycles. The van der Waals surface area contributed by atoms with E-state index in [2.05, 4.69) is 34.2 Å². The molecule has 0 saturated heterocycles. The Morgan fingerprint density at radius 2 is 2.38 bits per heavy atom. The highest BCUT2D eigenvalue weighted by Gasteiger charge is 1.97. The first kappa shape index (κ1) is 11.4. The summed E-state index contributed by atoms with van der Waals surface area (Å²) in [6, 6.07) is 4.00. The zero-order chi connectivity index (χ0) is 9.52. The second kappa shape index (κ2) is 6.73. The third kappa shape index (κ3) is 4.93. The first-order chi connectivity index (χ1) is 6.33. The van der Waals surface area contributed by atoms with Crippen molar-refractivity contribution in [2.45, 2.75) is 13.0 Å². The maximum absolute atomic E-state index is 5.41. The summed E-state index contributed by atoms with van der Waals surface area (Å²) < 4.78 is 6.37. The Hall–Kier alpha value is 0.320. The Balaban J connectivity index is 2.06. The molecule has 1 aromatic rings. The highest BCUT2D eigenvalue weighted by Crippen LogP contribution is 2.09. The number of thioether (sulfide) groups is 1. The number of nitrogens with one attached hydrogen (secondary N) is 1. The Labute approximate surface area is 97.0 Å². The van der Waals surface area contributed by atoms with E-state index < -0.39 is 0 Å². The van der Waals surface area contributed by atoms with Gasteiger partial charge in [0.25, 0.3) is 0 Å². The summed E-state index contributed by atoms with van der Waals surface area (Å²) in [5.74, 6) is 2.25. The van der Waals surface area contributed by atoms with Gasteiger partial charge in [-0.25, -0.2) is 0 Å². The van der Waals surface area contributed by atoms with Crippen LogP contribution in [0.5, 0.6) is 0 Å².